The second kappa shape index (κ2) is 5.86. The van der Waals surface area contributed by atoms with E-state index in [-0.39, 0.29) is 35.7 Å². The topological polar surface area (TPSA) is 102 Å². The molecule has 2 amide bonds. The minimum absolute atomic E-state index is 0.00124. The smallest absolute Gasteiger partial charge is 0.271 e. The molecule has 2 aliphatic rings. The number of amides is 2. The average molecular weight is 319 g/mol. The van der Waals surface area contributed by atoms with Gasteiger partial charge in [0, 0.05) is 31.1 Å². The van der Waals surface area contributed by atoms with Crippen LogP contribution in [0.3, 0.4) is 0 Å². The first-order valence-corrected chi connectivity index (χ1v) is 7.42. The molecule has 0 spiro atoms. The molecule has 0 radical (unpaired) electrons. The number of carbonyl (C=O) groups excluding carboxylic acids is 2. The highest BCUT2D eigenvalue weighted by Gasteiger charge is 2.41. The molecule has 1 aliphatic heterocycles. The van der Waals surface area contributed by atoms with Crippen molar-refractivity contribution in [3.05, 3.63) is 28.3 Å². The quantitative estimate of drug-likeness (QED) is 0.655. The van der Waals surface area contributed by atoms with Crippen LogP contribution in [0.5, 0.6) is 5.75 Å². The van der Waals surface area contributed by atoms with Crippen LogP contribution in [0, 0.1) is 16.0 Å². The van der Waals surface area contributed by atoms with E-state index in [1.807, 2.05) is 0 Å². The van der Waals surface area contributed by atoms with Crippen LogP contribution in [0.25, 0.3) is 0 Å². The van der Waals surface area contributed by atoms with Gasteiger partial charge in [-0.1, -0.05) is 0 Å². The van der Waals surface area contributed by atoms with Crippen molar-refractivity contribution in [2.45, 2.75) is 25.3 Å². The van der Waals surface area contributed by atoms with Crippen LogP contribution < -0.4 is 10.1 Å². The Morgan fingerprint density at radius 2 is 2.17 bits per heavy atom. The standard InChI is InChI=1S/C15H17N3O5/c1-23-13-5-4-11(18(21)22)7-12(13)16-15(20)9-6-14(19)17(8-9)10-2-3-10/h4-5,7,9-10H,2-3,6,8H2,1H3,(H,16,20)/t9-/m0/s1. The zero-order chi connectivity index (χ0) is 16.6. The van der Waals surface area contributed by atoms with Gasteiger partial charge in [-0.15, -0.1) is 0 Å². The predicted octanol–water partition coefficient (Wildman–Crippen LogP) is 1.55. The van der Waals surface area contributed by atoms with Crippen molar-refractivity contribution < 1.29 is 19.2 Å². The number of nitrogens with one attached hydrogen (secondary N) is 1. The summed E-state index contributed by atoms with van der Waals surface area (Å²) in [7, 11) is 1.42. The van der Waals surface area contributed by atoms with E-state index in [2.05, 4.69) is 5.32 Å². The summed E-state index contributed by atoms with van der Waals surface area (Å²) in [4.78, 5) is 36.4. The number of rotatable bonds is 5. The van der Waals surface area contributed by atoms with Gasteiger partial charge in [-0.25, -0.2) is 0 Å². The summed E-state index contributed by atoms with van der Waals surface area (Å²) in [5, 5.41) is 13.5. The Balaban J connectivity index is 1.73. The van der Waals surface area contributed by atoms with Gasteiger partial charge in [0.05, 0.1) is 23.6 Å². The number of nitro groups is 1. The fraction of sp³-hybridized carbons (Fsp3) is 0.467. The van der Waals surface area contributed by atoms with Gasteiger partial charge in [-0.05, 0) is 18.9 Å². The average Bonchev–Trinajstić information content (AvgIpc) is 3.29. The molecule has 122 valence electrons. The van der Waals surface area contributed by atoms with Gasteiger partial charge in [-0.3, -0.25) is 19.7 Å². The number of nitrogens with zero attached hydrogens (tertiary/aromatic N) is 2. The molecule has 1 N–H and O–H groups in total. The summed E-state index contributed by atoms with van der Waals surface area (Å²) in [5.41, 5.74) is 0.104. The van der Waals surface area contributed by atoms with Crippen molar-refractivity contribution in [3.63, 3.8) is 0 Å². The molecule has 1 aliphatic carbocycles. The van der Waals surface area contributed by atoms with Gasteiger partial charge < -0.3 is 15.0 Å². The molecule has 0 unspecified atom stereocenters. The summed E-state index contributed by atoms with van der Waals surface area (Å²) in [6.45, 7) is 0.409. The lowest BCUT2D eigenvalue weighted by atomic mass is 10.1. The van der Waals surface area contributed by atoms with Gasteiger partial charge in [0.15, 0.2) is 0 Å². The number of benzene rings is 1. The number of likely N-dealkylation sites (tertiary alicyclic amines) is 1. The van der Waals surface area contributed by atoms with Gasteiger partial charge >= 0.3 is 0 Å². The van der Waals surface area contributed by atoms with E-state index in [9.17, 15) is 19.7 Å². The Morgan fingerprint density at radius 1 is 1.43 bits per heavy atom. The number of nitro benzene ring substituents is 1. The molecule has 1 aromatic rings. The molecule has 8 heteroatoms. The molecule has 1 saturated heterocycles. The third-order valence-corrected chi connectivity index (χ3v) is 4.17. The highest BCUT2D eigenvalue weighted by atomic mass is 16.6. The third-order valence-electron chi connectivity index (χ3n) is 4.17. The van der Waals surface area contributed by atoms with Crippen molar-refractivity contribution in [2.24, 2.45) is 5.92 Å². The molecular formula is C15H17N3O5. The number of hydrogen-bond acceptors (Lipinski definition) is 5. The van der Waals surface area contributed by atoms with Crippen LogP contribution in [-0.2, 0) is 9.59 Å². The van der Waals surface area contributed by atoms with Gasteiger partial charge in [0.1, 0.15) is 5.75 Å². The van der Waals surface area contributed by atoms with Crippen LogP contribution in [0.4, 0.5) is 11.4 Å². The molecule has 1 atom stereocenters. The van der Waals surface area contributed by atoms with E-state index in [4.69, 9.17) is 4.74 Å². The highest BCUT2D eigenvalue weighted by Crippen LogP contribution is 2.34. The number of hydrogen-bond donors (Lipinski definition) is 1. The Bertz CT molecular complexity index is 671. The largest absolute Gasteiger partial charge is 0.495 e. The maximum atomic E-state index is 12.4. The van der Waals surface area contributed by atoms with Gasteiger partial charge in [-0.2, -0.15) is 0 Å². The van der Waals surface area contributed by atoms with E-state index in [0.29, 0.717) is 12.3 Å². The summed E-state index contributed by atoms with van der Waals surface area (Å²) < 4.78 is 5.12. The second-order valence-electron chi connectivity index (χ2n) is 5.81. The Morgan fingerprint density at radius 3 is 2.78 bits per heavy atom. The van der Waals surface area contributed by atoms with Crippen molar-refractivity contribution in [2.75, 3.05) is 19.0 Å². The van der Waals surface area contributed by atoms with Crippen LogP contribution in [0.2, 0.25) is 0 Å². The zero-order valence-electron chi connectivity index (χ0n) is 12.7. The van der Waals surface area contributed by atoms with E-state index >= 15 is 0 Å². The normalized spacial score (nSPS) is 20.5. The molecule has 23 heavy (non-hydrogen) atoms. The monoisotopic (exact) mass is 319 g/mol. The molecule has 3 rings (SSSR count). The van der Waals surface area contributed by atoms with Crippen LogP contribution >= 0.6 is 0 Å². The predicted molar refractivity (Wildman–Crippen MR) is 81.1 cm³/mol. The Kier molecular flexibility index (Phi) is 3.89. The number of carbonyl (C=O) groups is 2. The molecule has 0 bridgehead atoms. The number of ether oxygens (including phenoxy) is 1. The van der Waals surface area contributed by atoms with E-state index < -0.39 is 10.8 Å². The van der Waals surface area contributed by atoms with Crippen molar-refractivity contribution in [1.29, 1.82) is 0 Å². The molecule has 1 saturated carbocycles. The van der Waals surface area contributed by atoms with Crippen LogP contribution in [-0.4, -0.2) is 41.3 Å². The van der Waals surface area contributed by atoms with Crippen molar-refractivity contribution in [3.8, 4) is 5.75 Å². The first-order chi connectivity index (χ1) is 11.0. The molecule has 0 aromatic heterocycles. The number of methoxy groups -OCH3 is 1. The van der Waals surface area contributed by atoms with Crippen molar-refractivity contribution >= 4 is 23.2 Å². The maximum absolute atomic E-state index is 12.4. The minimum atomic E-state index is -0.539. The third kappa shape index (κ3) is 3.10. The number of non-ortho nitro benzene ring substituents is 1. The highest BCUT2D eigenvalue weighted by molar-refractivity contribution is 5.98. The number of anilines is 1. The molecule has 8 nitrogen and oxygen atoms in total. The van der Waals surface area contributed by atoms with Crippen LogP contribution in [0.15, 0.2) is 18.2 Å². The van der Waals surface area contributed by atoms with E-state index in [1.165, 1.54) is 25.3 Å². The van der Waals surface area contributed by atoms with Gasteiger partial charge in [0.25, 0.3) is 5.69 Å². The first-order valence-electron chi connectivity index (χ1n) is 7.42. The fourth-order valence-electron chi connectivity index (χ4n) is 2.79. The molecule has 1 aromatic carbocycles. The fourth-order valence-corrected chi connectivity index (χ4v) is 2.79. The van der Waals surface area contributed by atoms with Crippen molar-refractivity contribution in [1.82, 2.24) is 4.90 Å². The summed E-state index contributed by atoms with van der Waals surface area (Å²) in [6.07, 6.45) is 2.18. The molecule has 1 heterocycles. The minimum Gasteiger partial charge on any atom is -0.495 e. The summed E-state index contributed by atoms with van der Waals surface area (Å²) in [5.74, 6) is -0.418. The van der Waals surface area contributed by atoms with Gasteiger partial charge in [0.2, 0.25) is 11.8 Å². The Hall–Kier alpha value is -2.64. The molecular weight excluding hydrogens is 302 g/mol. The summed E-state index contributed by atoms with van der Waals surface area (Å²) >= 11 is 0. The van der Waals surface area contributed by atoms with Crippen LogP contribution in [0.1, 0.15) is 19.3 Å². The molecule has 2 fully saturated rings. The SMILES string of the molecule is COc1ccc([N+](=O)[O-])cc1NC(=O)[C@H]1CC(=O)N(C2CC2)C1. The first kappa shape index (κ1) is 15.3. The lowest BCUT2D eigenvalue weighted by Crippen LogP contribution is -2.29. The Labute approximate surface area is 132 Å². The van der Waals surface area contributed by atoms with E-state index in [1.54, 1.807) is 4.90 Å². The summed E-state index contributed by atoms with van der Waals surface area (Å²) in [6, 6.07) is 4.28. The zero-order valence-corrected chi connectivity index (χ0v) is 12.7. The van der Waals surface area contributed by atoms with E-state index in [0.717, 1.165) is 12.8 Å². The lowest BCUT2D eigenvalue weighted by molar-refractivity contribution is -0.384. The second-order valence-corrected chi connectivity index (χ2v) is 5.81. The maximum Gasteiger partial charge on any atom is 0.271 e. The lowest BCUT2D eigenvalue weighted by Gasteiger charge is -2.16.